The van der Waals surface area contributed by atoms with E-state index in [2.05, 4.69) is 44.9 Å². The molecule has 6 nitrogen and oxygen atoms in total. The molecule has 0 fully saturated rings. The number of hydrogen-bond donors (Lipinski definition) is 2. The fraction of sp³-hybridized carbons (Fsp3) is 0.381. The number of benzene rings is 1. The van der Waals surface area contributed by atoms with Crippen molar-refractivity contribution >= 4 is 35.8 Å². The van der Waals surface area contributed by atoms with Gasteiger partial charge >= 0.3 is 0 Å². The van der Waals surface area contributed by atoms with Gasteiger partial charge in [-0.15, -0.1) is 24.0 Å². The topological polar surface area (TPSA) is 69.6 Å². The molecule has 1 aromatic heterocycles. The maximum atomic E-state index is 12.3. The lowest BCUT2D eigenvalue weighted by atomic mass is 10.1. The van der Waals surface area contributed by atoms with Crippen molar-refractivity contribution in [1.82, 2.24) is 20.5 Å². The van der Waals surface area contributed by atoms with Crippen LogP contribution in [0.2, 0.25) is 0 Å². The molecule has 28 heavy (non-hydrogen) atoms. The molecule has 0 bridgehead atoms. The molecule has 1 aromatic carbocycles. The fourth-order valence-electron chi connectivity index (χ4n) is 2.61. The average Bonchev–Trinajstić information content (AvgIpc) is 2.72. The van der Waals surface area contributed by atoms with Crippen LogP contribution in [0.25, 0.3) is 0 Å². The molecule has 1 amide bonds. The van der Waals surface area contributed by atoms with E-state index in [1.807, 2.05) is 31.3 Å². The van der Waals surface area contributed by atoms with Crippen LogP contribution in [0, 0.1) is 0 Å². The van der Waals surface area contributed by atoms with Gasteiger partial charge in [-0.25, -0.2) is 0 Å². The third-order valence-electron chi connectivity index (χ3n) is 4.26. The summed E-state index contributed by atoms with van der Waals surface area (Å²) in [6.45, 7) is 1.66. The summed E-state index contributed by atoms with van der Waals surface area (Å²) in [5.41, 5.74) is 2.31. The molecule has 0 atom stereocenters. The van der Waals surface area contributed by atoms with Crippen molar-refractivity contribution < 1.29 is 4.79 Å². The number of hydrogen-bond acceptors (Lipinski definition) is 3. The number of carbonyl (C=O) groups excluding carboxylic acids is 1. The van der Waals surface area contributed by atoms with Crippen molar-refractivity contribution in [2.24, 2.45) is 4.99 Å². The zero-order valence-electron chi connectivity index (χ0n) is 16.6. The molecule has 7 heteroatoms. The predicted octanol–water partition coefficient (Wildman–Crippen LogP) is 2.50. The van der Waals surface area contributed by atoms with Crippen molar-refractivity contribution in [3.05, 3.63) is 66.0 Å². The van der Waals surface area contributed by atoms with Crippen molar-refractivity contribution in [3.8, 4) is 0 Å². The van der Waals surface area contributed by atoms with Gasteiger partial charge in [0.15, 0.2) is 5.96 Å². The highest BCUT2D eigenvalue weighted by Gasteiger charge is 2.09. The predicted molar refractivity (Wildman–Crippen MR) is 125 cm³/mol. The van der Waals surface area contributed by atoms with Crippen LogP contribution >= 0.6 is 24.0 Å². The van der Waals surface area contributed by atoms with Gasteiger partial charge in [0.2, 0.25) is 5.91 Å². The molecule has 1 heterocycles. The van der Waals surface area contributed by atoms with Crippen LogP contribution in [-0.2, 0) is 17.6 Å². The minimum Gasteiger partial charge on any atom is -0.356 e. The molecule has 2 aromatic rings. The normalized spacial score (nSPS) is 10.7. The van der Waals surface area contributed by atoms with Crippen LogP contribution in [0.15, 0.2) is 59.7 Å². The molecule has 0 aliphatic carbocycles. The lowest BCUT2D eigenvalue weighted by Gasteiger charge is -2.18. The zero-order valence-corrected chi connectivity index (χ0v) is 18.9. The minimum atomic E-state index is 0. The van der Waals surface area contributed by atoms with E-state index in [9.17, 15) is 4.79 Å². The Bertz CT molecular complexity index is 709. The van der Waals surface area contributed by atoms with Gasteiger partial charge in [-0.05, 0) is 30.5 Å². The Morgan fingerprint density at radius 2 is 1.82 bits per heavy atom. The molecule has 0 aliphatic rings. The second-order valence-electron chi connectivity index (χ2n) is 6.33. The number of nitrogens with zero attached hydrogens (tertiary/aromatic N) is 3. The first-order valence-corrected chi connectivity index (χ1v) is 9.31. The smallest absolute Gasteiger partial charge is 0.241 e. The van der Waals surface area contributed by atoms with E-state index in [0.717, 1.165) is 31.5 Å². The number of amides is 1. The molecule has 0 saturated carbocycles. The number of aliphatic imine (C=N–C) groups is 1. The van der Waals surface area contributed by atoms with E-state index in [1.165, 1.54) is 5.56 Å². The summed E-state index contributed by atoms with van der Waals surface area (Å²) in [5.74, 6) is 0.674. The van der Waals surface area contributed by atoms with Crippen molar-refractivity contribution in [2.75, 3.05) is 33.7 Å². The number of nitrogens with one attached hydrogen (secondary N) is 2. The summed E-state index contributed by atoms with van der Waals surface area (Å²) in [7, 11) is 3.52. The molecule has 0 radical (unpaired) electrons. The Balaban J connectivity index is 0.00000392. The van der Waals surface area contributed by atoms with Gasteiger partial charge in [0.1, 0.15) is 0 Å². The quantitative estimate of drug-likeness (QED) is 0.243. The summed E-state index contributed by atoms with van der Waals surface area (Å²) in [5, 5.41) is 6.33. The number of aryl methyl sites for hydroxylation is 1. The first-order valence-electron chi connectivity index (χ1n) is 9.31. The molecule has 152 valence electrons. The number of guanidine groups is 1. The fourth-order valence-corrected chi connectivity index (χ4v) is 2.61. The largest absolute Gasteiger partial charge is 0.356 e. The van der Waals surface area contributed by atoms with Gasteiger partial charge in [0.05, 0.1) is 6.54 Å². The average molecular weight is 495 g/mol. The van der Waals surface area contributed by atoms with Gasteiger partial charge in [0.25, 0.3) is 0 Å². The number of carbonyl (C=O) groups is 1. The first-order chi connectivity index (χ1) is 13.2. The van der Waals surface area contributed by atoms with E-state index >= 15 is 0 Å². The maximum Gasteiger partial charge on any atom is 0.241 e. The monoisotopic (exact) mass is 495 g/mol. The van der Waals surface area contributed by atoms with Crippen molar-refractivity contribution in [2.45, 2.75) is 19.3 Å². The van der Waals surface area contributed by atoms with E-state index < -0.39 is 0 Å². The van der Waals surface area contributed by atoms with Crippen LogP contribution < -0.4 is 10.6 Å². The minimum absolute atomic E-state index is 0. The van der Waals surface area contributed by atoms with Crippen LogP contribution in [0.5, 0.6) is 0 Å². The molecular formula is C21H30IN5O. The molecule has 0 unspecified atom stereocenters. The molecular weight excluding hydrogens is 465 g/mol. The molecule has 2 rings (SSSR count). The number of rotatable bonds is 9. The zero-order chi connectivity index (χ0) is 19.3. The summed E-state index contributed by atoms with van der Waals surface area (Å²) < 4.78 is 0. The van der Waals surface area contributed by atoms with Crippen LogP contribution in [-0.4, -0.2) is 55.5 Å². The highest BCUT2D eigenvalue weighted by molar-refractivity contribution is 14.0. The molecule has 0 aliphatic heterocycles. The Labute approximate surface area is 184 Å². The SMILES string of the molecule is CN=C(NCCCc1ccccc1)NCC(=O)N(C)CCc1ccccn1.I. The lowest BCUT2D eigenvalue weighted by molar-refractivity contribution is -0.128. The van der Waals surface area contributed by atoms with E-state index in [0.29, 0.717) is 12.5 Å². The Morgan fingerprint density at radius 1 is 1.07 bits per heavy atom. The summed E-state index contributed by atoms with van der Waals surface area (Å²) in [4.78, 5) is 22.4. The third-order valence-corrected chi connectivity index (χ3v) is 4.26. The van der Waals surface area contributed by atoms with Gasteiger partial charge in [-0.2, -0.15) is 0 Å². The number of likely N-dealkylation sites (N-methyl/N-ethyl adjacent to an activating group) is 1. The van der Waals surface area contributed by atoms with Gasteiger partial charge in [-0.3, -0.25) is 14.8 Å². The standard InChI is InChI=1S/C21H29N5O.HI/c1-22-21(24-15-8-11-18-9-4-3-5-10-18)25-17-20(27)26(2)16-13-19-12-6-7-14-23-19;/h3-7,9-10,12,14H,8,11,13,15-17H2,1-2H3,(H2,22,24,25);1H. The Kier molecular flexibility index (Phi) is 11.9. The maximum absolute atomic E-state index is 12.3. The second-order valence-corrected chi connectivity index (χ2v) is 6.33. The molecule has 0 saturated heterocycles. The van der Waals surface area contributed by atoms with E-state index in [-0.39, 0.29) is 36.4 Å². The van der Waals surface area contributed by atoms with Crippen LogP contribution in [0.3, 0.4) is 0 Å². The van der Waals surface area contributed by atoms with Gasteiger partial charge in [-0.1, -0.05) is 36.4 Å². The summed E-state index contributed by atoms with van der Waals surface area (Å²) in [6.07, 6.45) is 4.53. The summed E-state index contributed by atoms with van der Waals surface area (Å²) >= 11 is 0. The highest BCUT2D eigenvalue weighted by atomic mass is 127. The van der Waals surface area contributed by atoms with Gasteiger partial charge in [0, 0.05) is 45.5 Å². The second kappa shape index (κ2) is 13.9. The Hall–Kier alpha value is -2.16. The number of halogens is 1. The molecule has 0 spiro atoms. The summed E-state index contributed by atoms with van der Waals surface area (Å²) in [6, 6.07) is 16.2. The molecule has 2 N–H and O–H groups in total. The van der Waals surface area contributed by atoms with Crippen LogP contribution in [0.1, 0.15) is 17.7 Å². The number of aromatic nitrogens is 1. The van der Waals surface area contributed by atoms with Crippen LogP contribution in [0.4, 0.5) is 0 Å². The highest BCUT2D eigenvalue weighted by Crippen LogP contribution is 2.01. The van der Waals surface area contributed by atoms with Crippen molar-refractivity contribution in [1.29, 1.82) is 0 Å². The number of pyridine rings is 1. The van der Waals surface area contributed by atoms with E-state index in [1.54, 1.807) is 18.1 Å². The van der Waals surface area contributed by atoms with Crippen molar-refractivity contribution in [3.63, 3.8) is 0 Å². The first kappa shape index (κ1) is 23.9. The van der Waals surface area contributed by atoms with E-state index in [4.69, 9.17) is 0 Å². The van der Waals surface area contributed by atoms with Gasteiger partial charge < -0.3 is 15.5 Å². The Morgan fingerprint density at radius 3 is 2.50 bits per heavy atom. The lowest BCUT2D eigenvalue weighted by Crippen LogP contribution is -2.44. The third kappa shape index (κ3) is 9.16.